The molecule has 2 nitrogen and oxygen atoms in total. The van der Waals surface area contributed by atoms with E-state index in [4.69, 9.17) is 21.1 Å². The number of benzene rings is 1. The van der Waals surface area contributed by atoms with Gasteiger partial charge in [0.05, 0.1) is 19.6 Å². The monoisotopic (exact) mass is 256 g/mol. The van der Waals surface area contributed by atoms with Gasteiger partial charge in [0.25, 0.3) is 0 Å². The van der Waals surface area contributed by atoms with Crippen LogP contribution >= 0.6 is 11.6 Å². The van der Waals surface area contributed by atoms with E-state index in [0.717, 1.165) is 23.7 Å². The fourth-order valence-corrected chi connectivity index (χ4v) is 1.97. The lowest BCUT2D eigenvalue weighted by molar-refractivity contribution is 0.251. The normalized spacial score (nSPS) is 12.2. The number of halogens is 1. The molecule has 0 radical (unpaired) electrons. The van der Waals surface area contributed by atoms with E-state index >= 15 is 0 Å². The third-order valence-electron chi connectivity index (χ3n) is 2.71. The van der Waals surface area contributed by atoms with Gasteiger partial charge in [0.2, 0.25) is 0 Å². The van der Waals surface area contributed by atoms with E-state index in [1.165, 1.54) is 12.8 Å². The molecule has 1 unspecified atom stereocenters. The number of methoxy groups -OCH3 is 1. The van der Waals surface area contributed by atoms with Crippen LogP contribution in [-0.4, -0.2) is 13.7 Å². The predicted molar refractivity (Wildman–Crippen MR) is 72.1 cm³/mol. The largest absolute Gasteiger partial charge is 0.496 e. The molecule has 0 N–H and O–H groups in total. The standard InChI is InChI=1S/C14H21ClO2/c1-4-5-11(2)10-17-13-6-7-14(16-3)12(8-13)9-15/h6-8,11H,4-5,9-10H2,1-3H3. The summed E-state index contributed by atoms with van der Waals surface area (Å²) in [6.45, 7) is 5.15. The van der Waals surface area contributed by atoms with Gasteiger partial charge in [-0.15, -0.1) is 11.6 Å². The molecule has 1 rings (SSSR count). The Morgan fingerprint density at radius 1 is 1.35 bits per heavy atom. The van der Waals surface area contributed by atoms with Crippen molar-refractivity contribution in [3.05, 3.63) is 23.8 Å². The van der Waals surface area contributed by atoms with Crippen LogP contribution in [0.1, 0.15) is 32.3 Å². The first-order valence-corrected chi connectivity index (χ1v) is 6.60. The highest BCUT2D eigenvalue weighted by atomic mass is 35.5. The Bertz CT molecular complexity index is 339. The molecule has 1 aromatic rings. The molecule has 0 heterocycles. The summed E-state index contributed by atoms with van der Waals surface area (Å²) in [4.78, 5) is 0. The van der Waals surface area contributed by atoms with E-state index < -0.39 is 0 Å². The molecule has 0 spiro atoms. The van der Waals surface area contributed by atoms with Gasteiger partial charge in [-0.2, -0.15) is 0 Å². The summed E-state index contributed by atoms with van der Waals surface area (Å²) in [6, 6.07) is 5.77. The zero-order valence-corrected chi connectivity index (χ0v) is 11.6. The number of rotatable bonds is 7. The molecule has 0 saturated heterocycles. The first-order chi connectivity index (χ1) is 8.21. The summed E-state index contributed by atoms with van der Waals surface area (Å²) in [5, 5.41) is 0. The second-order valence-electron chi connectivity index (χ2n) is 4.31. The maximum absolute atomic E-state index is 5.86. The molecular weight excluding hydrogens is 236 g/mol. The summed E-state index contributed by atoms with van der Waals surface area (Å²) in [5.41, 5.74) is 0.967. The zero-order valence-electron chi connectivity index (χ0n) is 10.8. The maximum Gasteiger partial charge on any atom is 0.123 e. The highest BCUT2D eigenvalue weighted by Gasteiger charge is 2.06. The summed E-state index contributed by atoms with van der Waals surface area (Å²) in [5.74, 6) is 2.70. The molecular formula is C14H21ClO2. The lowest BCUT2D eigenvalue weighted by Gasteiger charge is -2.13. The lowest BCUT2D eigenvalue weighted by atomic mass is 10.1. The number of hydrogen-bond acceptors (Lipinski definition) is 2. The molecule has 0 aliphatic rings. The average molecular weight is 257 g/mol. The first kappa shape index (κ1) is 14.2. The Hall–Kier alpha value is -0.890. The van der Waals surface area contributed by atoms with Crippen LogP contribution in [0, 0.1) is 5.92 Å². The van der Waals surface area contributed by atoms with E-state index in [1.807, 2.05) is 18.2 Å². The Kier molecular flexibility index (Phi) is 6.20. The lowest BCUT2D eigenvalue weighted by Crippen LogP contribution is -2.08. The van der Waals surface area contributed by atoms with E-state index in [2.05, 4.69) is 13.8 Å². The first-order valence-electron chi connectivity index (χ1n) is 6.06. The number of ether oxygens (including phenoxy) is 2. The van der Waals surface area contributed by atoms with Gasteiger partial charge in [0, 0.05) is 5.56 Å². The number of hydrogen-bond donors (Lipinski definition) is 0. The van der Waals surface area contributed by atoms with Crippen molar-refractivity contribution in [2.45, 2.75) is 32.6 Å². The van der Waals surface area contributed by atoms with Crippen LogP contribution in [0.25, 0.3) is 0 Å². The van der Waals surface area contributed by atoms with Crippen LogP contribution in [0.3, 0.4) is 0 Å². The third-order valence-corrected chi connectivity index (χ3v) is 3.00. The highest BCUT2D eigenvalue weighted by molar-refractivity contribution is 6.17. The molecule has 0 amide bonds. The van der Waals surface area contributed by atoms with Gasteiger partial charge in [-0.25, -0.2) is 0 Å². The number of alkyl halides is 1. The fourth-order valence-electron chi connectivity index (χ4n) is 1.76. The van der Waals surface area contributed by atoms with Crippen molar-refractivity contribution >= 4 is 11.6 Å². The van der Waals surface area contributed by atoms with Crippen molar-refractivity contribution in [1.82, 2.24) is 0 Å². The minimum absolute atomic E-state index is 0.435. The molecule has 0 aliphatic carbocycles. The Morgan fingerprint density at radius 3 is 2.71 bits per heavy atom. The molecule has 0 bridgehead atoms. The molecule has 1 aromatic carbocycles. The van der Waals surface area contributed by atoms with Crippen LogP contribution in [0.5, 0.6) is 11.5 Å². The van der Waals surface area contributed by atoms with E-state index in [9.17, 15) is 0 Å². The zero-order chi connectivity index (χ0) is 12.7. The molecule has 0 saturated carbocycles. The van der Waals surface area contributed by atoms with Gasteiger partial charge in [-0.1, -0.05) is 20.3 Å². The molecule has 1 atom stereocenters. The predicted octanol–water partition coefficient (Wildman–Crippen LogP) is 4.25. The van der Waals surface area contributed by atoms with Crippen LogP contribution in [-0.2, 0) is 5.88 Å². The second kappa shape index (κ2) is 7.44. The minimum Gasteiger partial charge on any atom is -0.496 e. The molecule has 0 aliphatic heterocycles. The molecule has 0 aromatic heterocycles. The van der Waals surface area contributed by atoms with Crippen molar-refractivity contribution < 1.29 is 9.47 Å². The van der Waals surface area contributed by atoms with Gasteiger partial charge in [-0.3, -0.25) is 0 Å². The van der Waals surface area contributed by atoms with Crippen LogP contribution in [0.15, 0.2) is 18.2 Å². The molecule has 96 valence electrons. The van der Waals surface area contributed by atoms with E-state index in [-0.39, 0.29) is 0 Å². The molecule has 0 fully saturated rings. The van der Waals surface area contributed by atoms with Crippen LogP contribution < -0.4 is 9.47 Å². The summed E-state index contributed by atoms with van der Waals surface area (Å²) >= 11 is 5.86. The van der Waals surface area contributed by atoms with Gasteiger partial charge in [0.1, 0.15) is 11.5 Å². The smallest absolute Gasteiger partial charge is 0.123 e. The molecule has 17 heavy (non-hydrogen) atoms. The Balaban J connectivity index is 2.60. The maximum atomic E-state index is 5.86. The van der Waals surface area contributed by atoms with E-state index in [0.29, 0.717) is 11.8 Å². The summed E-state index contributed by atoms with van der Waals surface area (Å²) in [6.07, 6.45) is 2.39. The van der Waals surface area contributed by atoms with Crippen molar-refractivity contribution in [1.29, 1.82) is 0 Å². The summed E-state index contributed by atoms with van der Waals surface area (Å²) < 4.78 is 11.0. The SMILES string of the molecule is CCCC(C)COc1ccc(OC)c(CCl)c1. The Morgan fingerprint density at radius 2 is 2.12 bits per heavy atom. The Labute approximate surface area is 109 Å². The minimum atomic E-state index is 0.435. The van der Waals surface area contributed by atoms with Crippen molar-refractivity contribution in [2.75, 3.05) is 13.7 Å². The van der Waals surface area contributed by atoms with Gasteiger partial charge >= 0.3 is 0 Å². The van der Waals surface area contributed by atoms with Crippen molar-refractivity contribution in [3.63, 3.8) is 0 Å². The van der Waals surface area contributed by atoms with Crippen molar-refractivity contribution in [2.24, 2.45) is 5.92 Å². The van der Waals surface area contributed by atoms with Crippen LogP contribution in [0.2, 0.25) is 0 Å². The van der Waals surface area contributed by atoms with Gasteiger partial charge in [0.15, 0.2) is 0 Å². The summed E-state index contributed by atoms with van der Waals surface area (Å²) in [7, 11) is 1.65. The third kappa shape index (κ3) is 4.47. The quantitative estimate of drug-likeness (QED) is 0.679. The average Bonchev–Trinajstić information content (AvgIpc) is 2.36. The van der Waals surface area contributed by atoms with Gasteiger partial charge < -0.3 is 9.47 Å². The van der Waals surface area contributed by atoms with Crippen molar-refractivity contribution in [3.8, 4) is 11.5 Å². The molecule has 3 heteroatoms. The highest BCUT2D eigenvalue weighted by Crippen LogP contribution is 2.25. The van der Waals surface area contributed by atoms with Crippen LogP contribution in [0.4, 0.5) is 0 Å². The topological polar surface area (TPSA) is 18.5 Å². The van der Waals surface area contributed by atoms with Gasteiger partial charge in [-0.05, 0) is 30.5 Å². The second-order valence-corrected chi connectivity index (χ2v) is 4.58. The van der Waals surface area contributed by atoms with E-state index in [1.54, 1.807) is 7.11 Å². The fraction of sp³-hybridized carbons (Fsp3) is 0.571.